The molecule has 0 spiro atoms. The van der Waals surface area contributed by atoms with Crippen molar-refractivity contribution >= 4 is 23.9 Å². The van der Waals surface area contributed by atoms with Crippen LogP contribution in [0, 0.1) is 6.92 Å². The lowest BCUT2D eigenvalue weighted by Crippen LogP contribution is -2.18. The molecule has 0 saturated heterocycles. The van der Waals surface area contributed by atoms with Crippen molar-refractivity contribution in [3.63, 3.8) is 0 Å². The van der Waals surface area contributed by atoms with Crippen molar-refractivity contribution in [3.8, 4) is 0 Å². The number of benzene rings is 1. The average Bonchev–Trinajstić information content (AvgIpc) is 2.25. The molecule has 2 N–H and O–H groups in total. The molecule has 5 nitrogen and oxygen atoms in total. The fourth-order valence-electron chi connectivity index (χ4n) is 1.65. The van der Waals surface area contributed by atoms with Crippen LogP contribution in [0.15, 0.2) is 18.2 Å². The lowest BCUT2D eigenvalue weighted by molar-refractivity contribution is -0.136. The Labute approximate surface area is 110 Å². The van der Waals surface area contributed by atoms with Gasteiger partial charge in [-0.25, -0.2) is 4.79 Å². The Morgan fingerprint density at radius 1 is 1.28 bits per heavy atom. The zero-order valence-electron chi connectivity index (χ0n) is 10.4. The van der Waals surface area contributed by atoms with E-state index >= 15 is 0 Å². The number of carboxylic acids is 2. The molecule has 0 fully saturated rings. The molecular weight excluding hydrogens is 254 g/mol. The van der Waals surface area contributed by atoms with Crippen LogP contribution in [-0.4, -0.2) is 40.6 Å². The number of nitrogens with zero attached hydrogens (tertiary/aromatic N) is 1. The van der Waals surface area contributed by atoms with E-state index in [2.05, 4.69) is 0 Å². The minimum Gasteiger partial charge on any atom is -0.480 e. The highest BCUT2D eigenvalue weighted by atomic mass is 32.2. The fraction of sp³-hybridized carbons (Fsp3) is 0.333. The van der Waals surface area contributed by atoms with Crippen LogP contribution in [0.5, 0.6) is 0 Å². The highest BCUT2D eigenvalue weighted by molar-refractivity contribution is 7.97. The molecule has 0 heterocycles. The lowest BCUT2D eigenvalue weighted by Gasteiger charge is -2.20. The molecule has 0 amide bonds. The number of aliphatic carboxylic acids is 1. The van der Waals surface area contributed by atoms with Crippen LogP contribution in [0.2, 0.25) is 0 Å². The lowest BCUT2D eigenvalue weighted by atomic mass is 9.99. The summed E-state index contributed by atoms with van der Waals surface area (Å²) in [6, 6.07) is 4.76. The first-order valence-corrected chi connectivity index (χ1v) is 6.08. The van der Waals surface area contributed by atoms with Gasteiger partial charge in [0, 0.05) is 0 Å². The summed E-state index contributed by atoms with van der Waals surface area (Å²) in [5, 5.41) is 17.5. The van der Waals surface area contributed by atoms with Gasteiger partial charge in [-0.1, -0.05) is 24.1 Å². The molecule has 0 aliphatic carbocycles. The van der Waals surface area contributed by atoms with Crippen molar-refractivity contribution in [2.75, 3.05) is 14.1 Å². The second kappa shape index (κ2) is 5.88. The van der Waals surface area contributed by atoms with E-state index in [0.29, 0.717) is 11.1 Å². The van der Waals surface area contributed by atoms with E-state index in [1.54, 1.807) is 37.5 Å². The topological polar surface area (TPSA) is 77.8 Å². The summed E-state index contributed by atoms with van der Waals surface area (Å²) in [6.45, 7) is 1.72. The monoisotopic (exact) mass is 269 g/mol. The van der Waals surface area contributed by atoms with E-state index in [1.165, 1.54) is 6.07 Å². The standard InChI is InChI=1S/C12H15NO4S/c1-7-5-4-6-8(11(14)15)9(7)10(12(16)17)18-13(2)3/h4-6,10H,1-3H3,(H,14,15)(H,16,17). The van der Waals surface area contributed by atoms with Gasteiger partial charge in [0.15, 0.2) is 0 Å². The molecule has 0 aliphatic heterocycles. The van der Waals surface area contributed by atoms with Crippen LogP contribution in [0.25, 0.3) is 0 Å². The maximum Gasteiger partial charge on any atom is 0.336 e. The van der Waals surface area contributed by atoms with Crippen molar-refractivity contribution in [2.45, 2.75) is 12.2 Å². The molecule has 18 heavy (non-hydrogen) atoms. The number of rotatable bonds is 5. The molecule has 0 aromatic heterocycles. The summed E-state index contributed by atoms with van der Waals surface area (Å²) in [4.78, 5) is 22.5. The molecule has 0 aliphatic rings. The SMILES string of the molecule is Cc1cccc(C(=O)O)c1C(SN(C)C)C(=O)O. The molecule has 1 atom stereocenters. The summed E-state index contributed by atoms with van der Waals surface area (Å²) in [7, 11) is 3.44. The third kappa shape index (κ3) is 3.24. The van der Waals surface area contributed by atoms with Gasteiger partial charge in [-0.3, -0.25) is 9.10 Å². The predicted octanol–water partition coefficient (Wildman–Crippen LogP) is 2.03. The Morgan fingerprint density at radius 2 is 1.89 bits per heavy atom. The van der Waals surface area contributed by atoms with Gasteiger partial charge in [0.25, 0.3) is 0 Å². The summed E-state index contributed by atoms with van der Waals surface area (Å²) < 4.78 is 1.65. The van der Waals surface area contributed by atoms with Crippen LogP contribution < -0.4 is 0 Å². The minimum absolute atomic E-state index is 0.0387. The van der Waals surface area contributed by atoms with Gasteiger partial charge in [0.2, 0.25) is 0 Å². The summed E-state index contributed by atoms with van der Waals surface area (Å²) >= 11 is 1.08. The Morgan fingerprint density at radius 3 is 2.33 bits per heavy atom. The number of hydrogen-bond acceptors (Lipinski definition) is 4. The van der Waals surface area contributed by atoms with Gasteiger partial charge in [0.05, 0.1) is 5.56 Å². The highest BCUT2D eigenvalue weighted by Gasteiger charge is 2.28. The number of carbonyl (C=O) groups is 2. The van der Waals surface area contributed by atoms with Gasteiger partial charge in [0.1, 0.15) is 5.25 Å². The van der Waals surface area contributed by atoms with Crippen LogP contribution >= 0.6 is 11.9 Å². The van der Waals surface area contributed by atoms with Gasteiger partial charge in [-0.2, -0.15) is 0 Å². The van der Waals surface area contributed by atoms with Crippen molar-refractivity contribution in [1.29, 1.82) is 0 Å². The van der Waals surface area contributed by atoms with E-state index in [4.69, 9.17) is 5.11 Å². The number of aryl methyl sites for hydroxylation is 1. The largest absolute Gasteiger partial charge is 0.480 e. The van der Waals surface area contributed by atoms with Crippen LogP contribution in [0.1, 0.15) is 26.7 Å². The second-order valence-electron chi connectivity index (χ2n) is 3.98. The van der Waals surface area contributed by atoms with E-state index in [-0.39, 0.29) is 5.56 Å². The quantitative estimate of drug-likeness (QED) is 0.796. The molecule has 1 rings (SSSR count). The Kier molecular flexibility index (Phi) is 4.75. The molecule has 6 heteroatoms. The highest BCUT2D eigenvalue weighted by Crippen LogP contribution is 2.34. The Balaban J connectivity index is 3.34. The first kappa shape index (κ1) is 14.5. The Bertz CT molecular complexity index is 473. The van der Waals surface area contributed by atoms with Crippen molar-refractivity contribution < 1.29 is 19.8 Å². The van der Waals surface area contributed by atoms with Crippen LogP contribution in [0.3, 0.4) is 0 Å². The minimum atomic E-state index is -1.11. The number of carboxylic acid groups (broad SMARTS) is 2. The molecule has 0 saturated carbocycles. The first-order valence-electron chi connectivity index (χ1n) is 5.24. The van der Waals surface area contributed by atoms with Gasteiger partial charge in [-0.05, 0) is 38.2 Å². The molecule has 0 radical (unpaired) electrons. The second-order valence-corrected chi connectivity index (χ2v) is 5.39. The predicted molar refractivity (Wildman–Crippen MR) is 69.8 cm³/mol. The molecule has 1 aromatic carbocycles. The average molecular weight is 269 g/mol. The van der Waals surface area contributed by atoms with Crippen molar-refractivity contribution in [2.24, 2.45) is 0 Å². The van der Waals surface area contributed by atoms with Crippen molar-refractivity contribution in [3.05, 3.63) is 34.9 Å². The molecule has 1 aromatic rings. The van der Waals surface area contributed by atoms with E-state index in [9.17, 15) is 14.7 Å². The zero-order chi connectivity index (χ0) is 13.9. The molecule has 0 bridgehead atoms. The van der Waals surface area contributed by atoms with E-state index < -0.39 is 17.2 Å². The van der Waals surface area contributed by atoms with Gasteiger partial charge >= 0.3 is 11.9 Å². The van der Waals surface area contributed by atoms with Gasteiger partial charge < -0.3 is 10.2 Å². The number of aromatic carboxylic acids is 1. The van der Waals surface area contributed by atoms with Crippen molar-refractivity contribution in [1.82, 2.24) is 4.31 Å². The number of hydrogen-bond donors (Lipinski definition) is 2. The van der Waals surface area contributed by atoms with Gasteiger partial charge in [-0.15, -0.1) is 0 Å². The smallest absolute Gasteiger partial charge is 0.336 e. The zero-order valence-corrected chi connectivity index (χ0v) is 11.2. The normalized spacial score (nSPS) is 12.4. The Hall–Kier alpha value is -1.53. The summed E-state index contributed by atoms with van der Waals surface area (Å²) in [5.74, 6) is -2.16. The van der Waals surface area contributed by atoms with E-state index in [1.807, 2.05) is 0 Å². The molecular formula is C12H15NO4S. The third-order valence-corrected chi connectivity index (χ3v) is 3.43. The van der Waals surface area contributed by atoms with E-state index in [0.717, 1.165) is 11.9 Å². The van der Waals surface area contributed by atoms with Crippen LogP contribution in [0.4, 0.5) is 0 Å². The molecule has 98 valence electrons. The third-order valence-electron chi connectivity index (χ3n) is 2.36. The summed E-state index contributed by atoms with van der Waals surface area (Å²) in [6.07, 6.45) is 0. The van der Waals surface area contributed by atoms with Crippen LogP contribution in [-0.2, 0) is 4.79 Å². The molecule has 1 unspecified atom stereocenters. The summed E-state index contributed by atoms with van der Waals surface area (Å²) in [5.41, 5.74) is 1.05. The fourth-order valence-corrected chi connectivity index (χ4v) is 2.58. The maximum absolute atomic E-state index is 11.3. The first-order chi connectivity index (χ1) is 8.34. The maximum atomic E-state index is 11.3.